The van der Waals surface area contributed by atoms with E-state index in [4.69, 9.17) is 4.74 Å². The fourth-order valence-electron chi connectivity index (χ4n) is 4.47. The number of nitrogens with zero attached hydrogens (tertiary/aromatic N) is 3. The van der Waals surface area contributed by atoms with Gasteiger partial charge >= 0.3 is 6.09 Å². The third-order valence-corrected chi connectivity index (χ3v) is 6.09. The Bertz CT molecular complexity index is 1110. The van der Waals surface area contributed by atoms with Gasteiger partial charge in [0.25, 0.3) is 5.91 Å². The molecule has 0 radical (unpaired) electrons. The minimum absolute atomic E-state index is 0.0804. The zero-order chi connectivity index (χ0) is 24.3. The molecular formula is C24H25FN4O5. The molecule has 1 saturated heterocycles. The van der Waals surface area contributed by atoms with Gasteiger partial charge in [-0.05, 0) is 36.2 Å². The number of hydrogen-bond acceptors (Lipinski definition) is 5. The van der Waals surface area contributed by atoms with Crippen LogP contribution in [0.25, 0.3) is 0 Å². The summed E-state index contributed by atoms with van der Waals surface area (Å²) in [5.74, 6) is -0.843. The predicted octanol–water partition coefficient (Wildman–Crippen LogP) is 2.13. The summed E-state index contributed by atoms with van der Waals surface area (Å²) in [6.45, 7) is 0.0918. The molecule has 2 aromatic carbocycles. The van der Waals surface area contributed by atoms with Crippen LogP contribution < -0.4 is 10.1 Å². The van der Waals surface area contributed by atoms with Gasteiger partial charge < -0.3 is 20.1 Å². The Hall–Kier alpha value is -3.95. The van der Waals surface area contributed by atoms with E-state index in [0.29, 0.717) is 25.1 Å². The Kier molecular flexibility index (Phi) is 6.49. The second-order valence-electron chi connectivity index (χ2n) is 8.40. The number of carboxylic acid groups (broad SMARTS) is 1. The monoisotopic (exact) mass is 468 g/mol. The molecule has 1 fully saturated rings. The number of carbonyl (C=O) groups is 3. The molecule has 178 valence electrons. The summed E-state index contributed by atoms with van der Waals surface area (Å²) in [7, 11) is 1.60. The van der Waals surface area contributed by atoms with Crippen molar-refractivity contribution < 1.29 is 28.6 Å². The number of likely N-dealkylation sites (tertiary alicyclic amines) is 1. The van der Waals surface area contributed by atoms with E-state index < -0.39 is 29.3 Å². The van der Waals surface area contributed by atoms with Crippen molar-refractivity contribution in [2.45, 2.75) is 18.9 Å². The van der Waals surface area contributed by atoms with Crippen molar-refractivity contribution in [3.8, 4) is 5.75 Å². The fourth-order valence-corrected chi connectivity index (χ4v) is 4.47. The van der Waals surface area contributed by atoms with Crippen LogP contribution in [0.5, 0.6) is 5.75 Å². The lowest BCUT2D eigenvalue weighted by atomic mass is 9.73. The van der Waals surface area contributed by atoms with Crippen LogP contribution in [0.3, 0.4) is 0 Å². The average Bonchev–Trinajstić information content (AvgIpc) is 3.07. The molecule has 2 aliphatic heterocycles. The van der Waals surface area contributed by atoms with Gasteiger partial charge in [0, 0.05) is 26.6 Å². The number of halogens is 1. The van der Waals surface area contributed by atoms with Crippen molar-refractivity contribution >= 4 is 23.6 Å². The molecule has 2 atom stereocenters. The second kappa shape index (κ2) is 9.50. The summed E-state index contributed by atoms with van der Waals surface area (Å²) in [5.41, 5.74) is 0.654. The van der Waals surface area contributed by atoms with Crippen LogP contribution in [0.4, 0.5) is 9.18 Å². The van der Waals surface area contributed by atoms with E-state index in [1.165, 1.54) is 34.2 Å². The van der Waals surface area contributed by atoms with E-state index in [0.717, 1.165) is 11.3 Å². The molecule has 3 amide bonds. The topological polar surface area (TPSA) is 112 Å². The van der Waals surface area contributed by atoms with E-state index >= 15 is 0 Å². The Morgan fingerprint density at radius 1 is 1.21 bits per heavy atom. The molecule has 10 heteroatoms. The largest absolute Gasteiger partial charge is 0.491 e. The van der Waals surface area contributed by atoms with E-state index in [1.807, 2.05) is 30.3 Å². The Morgan fingerprint density at radius 2 is 1.91 bits per heavy atom. The van der Waals surface area contributed by atoms with Crippen LogP contribution in [0.1, 0.15) is 12.0 Å². The van der Waals surface area contributed by atoms with Gasteiger partial charge in [-0.2, -0.15) is 5.10 Å². The van der Waals surface area contributed by atoms with E-state index in [9.17, 15) is 23.9 Å². The van der Waals surface area contributed by atoms with E-state index in [2.05, 4.69) is 10.4 Å². The lowest BCUT2D eigenvalue weighted by molar-refractivity contribution is -0.141. The van der Waals surface area contributed by atoms with Crippen molar-refractivity contribution in [2.75, 3.05) is 26.7 Å². The normalized spacial score (nSPS) is 20.4. The molecule has 2 aromatic rings. The van der Waals surface area contributed by atoms with Gasteiger partial charge in [-0.15, -0.1) is 0 Å². The number of benzene rings is 2. The van der Waals surface area contributed by atoms with Gasteiger partial charge in [-0.3, -0.25) is 9.59 Å². The molecule has 0 spiro atoms. The number of carbonyl (C=O) groups excluding carboxylic acids is 2. The fraction of sp³-hybridized carbons (Fsp3) is 0.333. The third-order valence-electron chi connectivity index (χ3n) is 6.09. The van der Waals surface area contributed by atoms with Gasteiger partial charge in [-0.1, -0.05) is 30.3 Å². The first-order valence-corrected chi connectivity index (χ1v) is 10.9. The smallest absolute Gasteiger partial charge is 0.405 e. The minimum atomic E-state index is -1.38. The average molecular weight is 468 g/mol. The second-order valence-corrected chi connectivity index (χ2v) is 8.40. The maximum Gasteiger partial charge on any atom is 0.405 e. The molecule has 2 aliphatic rings. The number of nitrogens with one attached hydrogen (secondary N) is 1. The highest BCUT2D eigenvalue weighted by Gasteiger charge is 2.53. The highest BCUT2D eigenvalue weighted by molar-refractivity contribution is 6.13. The number of ether oxygens (including phenoxy) is 1. The maximum absolute atomic E-state index is 13.4. The van der Waals surface area contributed by atoms with Crippen molar-refractivity contribution in [1.29, 1.82) is 0 Å². The van der Waals surface area contributed by atoms with E-state index in [-0.39, 0.29) is 19.1 Å². The highest BCUT2D eigenvalue weighted by Crippen LogP contribution is 2.38. The van der Waals surface area contributed by atoms with Crippen molar-refractivity contribution in [1.82, 2.24) is 15.2 Å². The Morgan fingerprint density at radius 3 is 2.59 bits per heavy atom. The van der Waals surface area contributed by atoms with Crippen LogP contribution >= 0.6 is 0 Å². The molecule has 9 nitrogen and oxygen atoms in total. The summed E-state index contributed by atoms with van der Waals surface area (Å²) >= 11 is 0. The molecule has 2 unspecified atom stereocenters. The van der Waals surface area contributed by atoms with E-state index in [1.54, 1.807) is 7.05 Å². The summed E-state index contributed by atoms with van der Waals surface area (Å²) < 4.78 is 18.7. The van der Waals surface area contributed by atoms with Crippen LogP contribution in [0.2, 0.25) is 0 Å². The molecular weight excluding hydrogens is 443 g/mol. The minimum Gasteiger partial charge on any atom is -0.491 e. The maximum atomic E-state index is 13.4. The Labute approximate surface area is 195 Å². The standard InChI is InChI=1S/C24H25FN4O5/c1-28-22(31)24(13-16-5-3-2-4-6-16)15-29(12-11-20(24)27-28)21(30)19(26-23(32)33)14-34-18-9-7-17(25)8-10-18/h2-10,19,26H,11-15H2,1H3,(H,32,33). The molecule has 0 aliphatic carbocycles. The SMILES string of the molecule is CN1N=C2CCN(C(=O)C(COc3ccc(F)cc3)NC(=O)O)CC2(Cc2ccccc2)C1=O. The first-order chi connectivity index (χ1) is 16.3. The number of rotatable bonds is 7. The van der Waals surface area contributed by atoms with Crippen LogP contribution in [0.15, 0.2) is 59.7 Å². The number of fused-ring (bicyclic) bond motifs is 1. The van der Waals surface area contributed by atoms with Crippen LogP contribution in [-0.4, -0.2) is 71.4 Å². The Balaban J connectivity index is 1.54. The summed E-state index contributed by atoms with van der Waals surface area (Å²) in [6.07, 6.45) is -0.605. The molecule has 2 N–H and O–H groups in total. The molecule has 0 aromatic heterocycles. The first-order valence-electron chi connectivity index (χ1n) is 10.9. The molecule has 34 heavy (non-hydrogen) atoms. The zero-order valence-corrected chi connectivity index (χ0v) is 18.6. The third kappa shape index (κ3) is 4.70. The van der Waals surface area contributed by atoms with Gasteiger partial charge in [0.05, 0.1) is 5.71 Å². The molecule has 4 rings (SSSR count). The van der Waals surface area contributed by atoms with Gasteiger partial charge in [-0.25, -0.2) is 14.2 Å². The number of hydrazone groups is 1. The summed E-state index contributed by atoms with van der Waals surface area (Å²) in [5, 5.41) is 17.2. The van der Waals surface area contributed by atoms with Crippen molar-refractivity contribution in [2.24, 2.45) is 10.5 Å². The van der Waals surface area contributed by atoms with Gasteiger partial charge in [0.15, 0.2) is 0 Å². The zero-order valence-electron chi connectivity index (χ0n) is 18.6. The summed E-state index contributed by atoms with van der Waals surface area (Å²) in [4.78, 5) is 39.5. The first kappa shape index (κ1) is 23.2. The van der Waals surface area contributed by atoms with Crippen LogP contribution in [-0.2, 0) is 16.0 Å². The number of hydrogen-bond donors (Lipinski definition) is 2. The number of amides is 3. The predicted molar refractivity (Wildman–Crippen MR) is 121 cm³/mol. The quantitative estimate of drug-likeness (QED) is 0.647. The molecule has 2 heterocycles. The lowest BCUT2D eigenvalue weighted by Gasteiger charge is -2.40. The summed E-state index contributed by atoms with van der Waals surface area (Å²) in [6, 6.07) is 13.5. The lowest BCUT2D eigenvalue weighted by Crippen LogP contribution is -2.59. The van der Waals surface area contributed by atoms with Crippen molar-refractivity contribution in [3.63, 3.8) is 0 Å². The van der Waals surface area contributed by atoms with Crippen LogP contribution in [0, 0.1) is 11.2 Å². The molecule has 0 saturated carbocycles. The van der Waals surface area contributed by atoms with Gasteiger partial charge in [0.2, 0.25) is 5.91 Å². The van der Waals surface area contributed by atoms with Crippen molar-refractivity contribution in [3.05, 3.63) is 66.0 Å². The molecule has 0 bridgehead atoms. The van der Waals surface area contributed by atoms with Gasteiger partial charge in [0.1, 0.15) is 29.6 Å². The highest BCUT2D eigenvalue weighted by atomic mass is 19.1. The number of piperidine rings is 1.